The average Bonchev–Trinajstić information content (AvgIpc) is 2.52. The van der Waals surface area contributed by atoms with Crippen molar-refractivity contribution in [1.82, 2.24) is 0 Å². The fourth-order valence-electron chi connectivity index (χ4n) is 3.00. The summed E-state index contributed by atoms with van der Waals surface area (Å²) in [6.07, 6.45) is 2.39. The summed E-state index contributed by atoms with van der Waals surface area (Å²) in [5.74, 6) is 1.45. The lowest BCUT2D eigenvalue weighted by atomic mass is 9.85. The highest BCUT2D eigenvalue weighted by atomic mass is 28.3. The third-order valence-corrected chi connectivity index (χ3v) is 6.47. The van der Waals surface area contributed by atoms with E-state index in [1.165, 1.54) is 0 Å². The average molecular weight is 330 g/mol. The van der Waals surface area contributed by atoms with Crippen molar-refractivity contribution in [2.24, 2.45) is 0 Å². The number of para-hydroxylation sites is 1. The number of rotatable bonds is 5. The minimum absolute atomic E-state index is 0.178. The van der Waals surface area contributed by atoms with E-state index in [1.807, 2.05) is 18.2 Å². The molecule has 0 aromatic heterocycles. The molecule has 4 heteroatoms. The van der Waals surface area contributed by atoms with Crippen LogP contribution in [0.5, 0.6) is 11.5 Å². The molecule has 0 N–H and O–H groups in total. The van der Waals surface area contributed by atoms with Crippen molar-refractivity contribution in [3.63, 3.8) is 0 Å². The summed E-state index contributed by atoms with van der Waals surface area (Å²) in [6.45, 7) is 11.1. The number of hydrogen-bond acceptors (Lipinski definition) is 3. The van der Waals surface area contributed by atoms with Crippen LogP contribution < -0.4 is 9.47 Å². The summed E-state index contributed by atoms with van der Waals surface area (Å²) in [5.41, 5.74) is 2.72. The Hall–Kier alpha value is -1.81. The van der Waals surface area contributed by atoms with Gasteiger partial charge in [-0.05, 0) is 24.5 Å². The van der Waals surface area contributed by atoms with Crippen molar-refractivity contribution in [2.75, 3.05) is 14.2 Å². The van der Waals surface area contributed by atoms with Crippen molar-refractivity contribution in [3.8, 4) is 11.5 Å². The van der Waals surface area contributed by atoms with E-state index in [0.29, 0.717) is 17.9 Å². The minimum Gasteiger partial charge on any atom is -0.493 e. The Bertz CT molecular complexity index is 666. The normalized spacial score (nSPS) is 15.6. The van der Waals surface area contributed by atoms with Gasteiger partial charge in [0.1, 0.15) is 0 Å². The first-order valence-electron chi connectivity index (χ1n) is 7.98. The predicted molar refractivity (Wildman–Crippen MR) is 97.8 cm³/mol. The summed E-state index contributed by atoms with van der Waals surface area (Å²) < 4.78 is 10.9. The quantitative estimate of drug-likeness (QED) is 0.738. The maximum absolute atomic E-state index is 12.7. The molecule has 0 atom stereocenters. The Balaban J connectivity index is 2.72. The van der Waals surface area contributed by atoms with Gasteiger partial charge in [0.15, 0.2) is 17.3 Å². The summed E-state index contributed by atoms with van der Waals surface area (Å²) in [4.78, 5) is 12.7. The zero-order valence-electron chi connectivity index (χ0n) is 14.8. The van der Waals surface area contributed by atoms with E-state index in [9.17, 15) is 4.79 Å². The van der Waals surface area contributed by atoms with Gasteiger partial charge in [-0.3, -0.25) is 4.79 Å². The van der Waals surface area contributed by atoms with Crippen molar-refractivity contribution < 1.29 is 14.3 Å². The number of ketones is 1. The standard InChI is InChI=1S/C19H26O3Si/c1-13(23(4,5)6)14-9-7-11-16(20)18(14)15-10-8-12-17(21-2)19(15)22-3/h8,10,12H,1,7,9,11H2,2-6H3. The lowest BCUT2D eigenvalue weighted by molar-refractivity contribution is -0.114. The van der Waals surface area contributed by atoms with Crippen LogP contribution >= 0.6 is 0 Å². The molecule has 1 aliphatic carbocycles. The molecule has 3 nitrogen and oxygen atoms in total. The van der Waals surface area contributed by atoms with Crippen LogP contribution in [0.3, 0.4) is 0 Å². The lowest BCUT2D eigenvalue weighted by Gasteiger charge is -2.28. The molecule has 124 valence electrons. The first-order valence-corrected chi connectivity index (χ1v) is 11.5. The topological polar surface area (TPSA) is 35.5 Å². The molecule has 23 heavy (non-hydrogen) atoms. The number of allylic oxidation sites excluding steroid dienone is 3. The molecule has 0 radical (unpaired) electrons. The third kappa shape index (κ3) is 3.42. The van der Waals surface area contributed by atoms with Gasteiger partial charge in [-0.1, -0.05) is 43.5 Å². The molecule has 0 fully saturated rings. The number of hydrogen-bond donors (Lipinski definition) is 0. The van der Waals surface area contributed by atoms with E-state index < -0.39 is 8.07 Å². The molecule has 0 amide bonds. The Morgan fingerprint density at radius 2 is 1.83 bits per heavy atom. The van der Waals surface area contributed by atoms with Crippen LogP contribution in [0.15, 0.2) is 35.5 Å². The summed E-state index contributed by atoms with van der Waals surface area (Å²) in [5, 5.41) is 1.16. The van der Waals surface area contributed by atoms with Gasteiger partial charge in [-0.2, -0.15) is 0 Å². The molecule has 2 rings (SSSR count). The first-order chi connectivity index (χ1) is 10.8. The van der Waals surface area contributed by atoms with Crippen LogP contribution in [-0.2, 0) is 4.79 Å². The molecule has 0 aliphatic heterocycles. The van der Waals surface area contributed by atoms with Gasteiger partial charge < -0.3 is 9.47 Å². The maximum atomic E-state index is 12.7. The smallest absolute Gasteiger partial charge is 0.168 e. The molecule has 0 heterocycles. The molecule has 1 aliphatic rings. The molecule has 1 aromatic carbocycles. The van der Waals surface area contributed by atoms with Crippen LogP contribution in [-0.4, -0.2) is 28.1 Å². The van der Waals surface area contributed by atoms with Crippen molar-refractivity contribution in [1.29, 1.82) is 0 Å². The zero-order chi connectivity index (χ0) is 17.2. The number of methoxy groups -OCH3 is 2. The van der Waals surface area contributed by atoms with E-state index in [-0.39, 0.29) is 5.78 Å². The van der Waals surface area contributed by atoms with Gasteiger partial charge in [0.05, 0.1) is 22.3 Å². The summed E-state index contributed by atoms with van der Waals surface area (Å²) >= 11 is 0. The van der Waals surface area contributed by atoms with E-state index in [4.69, 9.17) is 9.47 Å². The molecular weight excluding hydrogens is 304 g/mol. The molecule has 0 saturated heterocycles. The second-order valence-corrected chi connectivity index (χ2v) is 12.0. The van der Waals surface area contributed by atoms with Crippen molar-refractivity contribution in [2.45, 2.75) is 38.9 Å². The number of carbonyl (C=O) groups excluding carboxylic acids is 1. The van der Waals surface area contributed by atoms with Crippen LogP contribution in [0.25, 0.3) is 5.57 Å². The van der Waals surface area contributed by atoms with E-state index in [0.717, 1.165) is 34.7 Å². The Labute approximate surface area is 140 Å². The van der Waals surface area contributed by atoms with Gasteiger partial charge in [0.25, 0.3) is 0 Å². The third-order valence-electron chi connectivity index (χ3n) is 4.35. The van der Waals surface area contributed by atoms with Crippen LogP contribution in [0, 0.1) is 0 Å². The van der Waals surface area contributed by atoms with E-state index in [1.54, 1.807) is 14.2 Å². The second kappa shape index (κ2) is 6.75. The predicted octanol–water partition coefficient (Wildman–Crippen LogP) is 4.64. The molecule has 0 unspecified atom stereocenters. The highest BCUT2D eigenvalue weighted by Crippen LogP contribution is 2.42. The second-order valence-electron chi connectivity index (χ2n) is 6.90. The maximum Gasteiger partial charge on any atom is 0.168 e. The molecule has 0 saturated carbocycles. The number of ether oxygens (including phenoxy) is 2. The monoisotopic (exact) mass is 330 g/mol. The Morgan fingerprint density at radius 3 is 2.39 bits per heavy atom. The summed E-state index contributed by atoms with van der Waals surface area (Å²) in [6, 6.07) is 5.70. The largest absolute Gasteiger partial charge is 0.493 e. The fraction of sp³-hybridized carbons (Fsp3) is 0.421. The van der Waals surface area contributed by atoms with E-state index >= 15 is 0 Å². The fourth-order valence-corrected chi connectivity index (χ4v) is 4.15. The van der Waals surface area contributed by atoms with Crippen molar-refractivity contribution in [3.05, 3.63) is 41.1 Å². The summed E-state index contributed by atoms with van der Waals surface area (Å²) in [7, 11) is 1.65. The highest BCUT2D eigenvalue weighted by Gasteiger charge is 2.30. The van der Waals surface area contributed by atoms with Gasteiger partial charge in [-0.25, -0.2) is 0 Å². The first kappa shape index (κ1) is 17.5. The molecule has 1 aromatic rings. The molecular formula is C19H26O3Si. The highest BCUT2D eigenvalue weighted by molar-refractivity contribution is 6.84. The van der Waals surface area contributed by atoms with Gasteiger partial charge in [-0.15, -0.1) is 0 Å². The van der Waals surface area contributed by atoms with Crippen LogP contribution in [0.2, 0.25) is 19.6 Å². The number of benzene rings is 1. The van der Waals surface area contributed by atoms with Crippen LogP contribution in [0.1, 0.15) is 24.8 Å². The van der Waals surface area contributed by atoms with E-state index in [2.05, 4.69) is 26.2 Å². The SMILES string of the molecule is C=C(C1=C(c2cccc(OC)c2OC)C(=O)CCC1)[Si](C)(C)C. The molecule has 0 bridgehead atoms. The Kier molecular flexibility index (Phi) is 5.15. The number of carbonyl (C=O) groups is 1. The zero-order valence-corrected chi connectivity index (χ0v) is 15.8. The van der Waals surface area contributed by atoms with Crippen LogP contribution in [0.4, 0.5) is 0 Å². The van der Waals surface area contributed by atoms with Gasteiger partial charge >= 0.3 is 0 Å². The van der Waals surface area contributed by atoms with Gasteiger partial charge in [0, 0.05) is 17.6 Å². The van der Waals surface area contributed by atoms with Gasteiger partial charge in [0.2, 0.25) is 0 Å². The van der Waals surface area contributed by atoms with Crippen molar-refractivity contribution >= 4 is 19.4 Å². The number of Topliss-reactive ketones (excluding diaryl/α,β-unsaturated/α-hetero) is 1. The lowest BCUT2D eigenvalue weighted by Crippen LogP contribution is -2.27. The minimum atomic E-state index is -1.58. The Morgan fingerprint density at radius 1 is 1.13 bits per heavy atom. The molecule has 0 spiro atoms.